The minimum absolute atomic E-state index is 0.226. The summed E-state index contributed by atoms with van der Waals surface area (Å²) >= 11 is 0. The van der Waals surface area contributed by atoms with Gasteiger partial charge in [-0.25, -0.2) is 9.79 Å². The number of likely N-dealkylation sites (tertiary alicyclic amines) is 1. The molecule has 1 amide bonds. The molecule has 0 atom stereocenters. The van der Waals surface area contributed by atoms with Crippen molar-refractivity contribution in [2.24, 2.45) is 4.99 Å². The van der Waals surface area contributed by atoms with Gasteiger partial charge in [0.1, 0.15) is 0 Å². The lowest BCUT2D eigenvalue weighted by Gasteiger charge is -2.32. The maximum atomic E-state index is 11.8. The van der Waals surface area contributed by atoms with E-state index in [-0.39, 0.29) is 12.1 Å². The number of hydrogen-bond acceptors (Lipinski definition) is 5. The van der Waals surface area contributed by atoms with Crippen molar-refractivity contribution in [2.45, 2.75) is 46.2 Å². The zero-order chi connectivity index (χ0) is 21.1. The number of hydrogen-bond donors (Lipinski definition) is 2. The number of carbonyl (C=O) groups excluding carboxylic acids is 1. The number of guanidine groups is 1. The molecular formula is C21H34N4O4. The number of methoxy groups -OCH3 is 1. The molecule has 162 valence electrons. The number of ether oxygens (including phenoxy) is 3. The van der Waals surface area contributed by atoms with E-state index in [0.29, 0.717) is 38.6 Å². The fraction of sp³-hybridized carbons (Fsp3) is 0.619. The van der Waals surface area contributed by atoms with E-state index in [0.717, 1.165) is 36.7 Å². The van der Waals surface area contributed by atoms with Crippen LogP contribution in [-0.4, -0.2) is 63.0 Å². The van der Waals surface area contributed by atoms with Crippen LogP contribution in [0, 0.1) is 0 Å². The topological polar surface area (TPSA) is 84.4 Å². The first kappa shape index (κ1) is 22.6. The molecule has 8 nitrogen and oxygen atoms in total. The van der Waals surface area contributed by atoms with E-state index in [1.54, 1.807) is 12.0 Å². The average Bonchev–Trinajstić information content (AvgIpc) is 2.73. The van der Waals surface area contributed by atoms with Crippen molar-refractivity contribution in [3.05, 3.63) is 23.8 Å². The molecule has 1 aliphatic rings. The zero-order valence-electron chi connectivity index (χ0n) is 18.0. The molecule has 1 heterocycles. The molecule has 0 saturated carbocycles. The van der Waals surface area contributed by atoms with Crippen LogP contribution >= 0.6 is 0 Å². The van der Waals surface area contributed by atoms with Gasteiger partial charge < -0.3 is 29.7 Å². The molecule has 0 aliphatic carbocycles. The number of piperidine rings is 1. The smallest absolute Gasteiger partial charge is 0.409 e. The Bertz CT molecular complexity index is 673. The van der Waals surface area contributed by atoms with Gasteiger partial charge in [0.25, 0.3) is 0 Å². The average molecular weight is 407 g/mol. The summed E-state index contributed by atoms with van der Waals surface area (Å²) in [6, 6.07) is 6.14. The van der Waals surface area contributed by atoms with Gasteiger partial charge in [-0.2, -0.15) is 0 Å². The Morgan fingerprint density at radius 2 is 1.93 bits per heavy atom. The van der Waals surface area contributed by atoms with Crippen molar-refractivity contribution in [3.8, 4) is 11.5 Å². The Labute approximate surface area is 173 Å². The Hall–Kier alpha value is -2.64. The lowest BCUT2D eigenvalue weighted by molar-refractivity contribution is 0.0963. The minimum Gasteiger partial charge on any atom is -0.493 e. The van der Waals surface area contributed by atoms with E-state index in [1.165, 1.54) is 0 Å². The first-order chi connectivity index (χ1) is 14.1. The molecule has 0 unspecified atom stereocenters. The van der Waals surface area contributed by atoms with Crippen LogP contribution in [0.4, 0.5) is 4.79 Å². The molecule has 2 N–H and O–H groups in total. The van der Waals surface area contributed by atoms with Gasteiger partial charge in [0.15, 0.2) is 17.5 Å². The Morgan fingerprint density at radius 3 is 2.55 bits per heavy atom. The second kappa shape index (κ2) is 12.0. The first-order valence-corrected chi connectivity index (χ1v) is 10.4. The summed E-state index contributed by atoms with van der Waals surface area (Å²) in [4.78, 5) is 18.3. The number of benzene rings is 1. The Kier molecular flexibility index (Phi) is 9.40. The molecule has 2 rings (SSSR count). The predicted molar refractivity (Wildman–Crippen MR) is 114 cm³/mol. The zero-order valence-corrected chi connectivity index (χ0v) is 18.0. The summed E-state index contributed by atoms with van der Waals surface area (Å²) in [5.74, 6) is 2.22. The summed E-state index contributed by atoms with van der Waals surface area (Å²) in [5.41, 5.74) is 1.04. The summed E-state index contributed by atoms with van der Waals surface area (Å²) in [7, 11) is 1.64. The fourth-order valence-electron chi connectivity index (χ4n) is 3.19. The van der Waals surface area contributed by atoms with Gasteiger partial charge in [0.05, 0.1) is 26.9 Å². The van der Waals surface area contributed by atoms with Crippen LogP contribution < -0.4 is 20.1 Å². The van der Waals surface area contributed by atoms with Crippen LogP contribution in [0.25, 0.3) is 0 Å². The highest BCUT2D eigenvalue weighted by Crippen LogP contribution is 2.28. The normalized spacial score (nSPS) is 15.0. The van der Waals surface area contributed by atoms with Crippen molar-refractivity contribution in [1.82, 2.24) is 15.5 Å². The number of amides is 1. The molecule has 0 spiro atoms. The number of carbonyl (C=O) groups is 1. The SMILES string of the molecule is CCNC(=NCc1ccc(OCC)c(OC)c1)NC1CCN(C(=O)OCC)CC1. The van der Waals surface area contributed by atoms with Crippen molar-refractivity contribution in [2.75, 3.05) is 40.0 Å². The summed E-state index contributed by atoms with van der Waals surface area (Å²) in [5, 5.41) is 6.78. The van der Waals surface area contributed by atoms with Gasteiger partial charge in [0, 0.05) is 25.7 Å². The molecule has 1 fully saturated rings. The second-order valence-corrected chi connectivity index (χ2v) is 6.72. The summed E-state index contributed by atoms with van der Waals surface area (Å²) < 4.78 is 16.1. The van der Waals surface area contributed by atoms with Crippen LogP contribution in [0.1, 0.15) is 39.2 Å². The molecule has 8 heteroatoms. The van der Waals surface area contributed by atoms with Gasteiger partial charge >= 0.3 is 6.09 Å². The Balaban J connectivity index is 1.94. The molecule has 29 heavy (non-hydrogen) atoms. The molecule has 0 radical (unpaired) electrons. The molecule has 1 aromatic carbocycles. The van der Waals surface area contributed by atoms with E-state index < -0.39 is 0 Å². The van der Waals surface area contributed by atoms with Crippen molar-refractivity contribution in [3.63, 3.8) is 0 Å². The second-order valence-electron chi connectivity index (χ2n) is 6.72. The van der Waals surface area contributed by atoms with Gasteiger partial charge in [-0.05, 0) is 51.3 Å². The predicted octanol–water partition coefficient (Wildman–Crippen LogP) is 2.77. The molecular weight excluding hydrogens is 372 g/mol. The van der Waals surface area contributed by atoms with E-state index in [9.17, 15) is 4.79 Å². The van der Waals surface area contributed by atoms with E-state index in [2.05, 4.69) is 10.6 Å². The molecule has 0 bridgehead atoms. The van der Waals surface area contributed by atoms with Gasteiger partial charge in [-0.3, -0.25) is 0 Å². The van der Waals surface area contributed by atoms with Crippen LogP contribution in [0.3, 0.4) is 0 Å². The van der Waals surface area contributed by atoms with Gasteiger partial charge in [0.2, 0.25) is 0 Å². The van der Waals surface area contributed by atoms with Crippen LogP contribution in [-0.2, 0) is 11.3 Å². The standard InChI is InChI=1S/C21H34N4O4/c1-5-22-20(24-17-10-12-25(13-11-17)21(26)29-7-3)23-15-16-8-9-18(28-6-2)19(14-16)27-4/h8-9,14,17H,5-7,10-13,15H2,1-4H3,(H2,22,23,24). The first-order valence-electron chi connectivity index (χ1n) is 10.4. The van der Waals surface area contributed by atoms with Crippen molar-refractivity contribution in [1.29, 1.82) is 0 Å². The third kappa shape index (κ3) is 7.03. The third-order valence-corrected chi connectivity index (χ3v) is 4.65. The molecule has 1 aromatic rings. The van der Waals surface area contributed by atoms with Crippen molar-refractivity contribution >= 4 is 12.1 Å². The number of rotatable bonds is 8. The van der Waals surface area contributed by atoms with E-state index >= 15 is 0 Å². The highest BCUT2D eigenvalue weighted by molar-refractivity contribution is 5.80. The molecule has 1 aliphatic heterocycles. The van der Waals surface area contributed by atoms with E-state index in [4.69, 9.17) is 19.2 Å². The van der Waals surface area contributed by atoms with Crippen LogP contribution in [0.2, 0.25) is 0 Å². The van der Waals surface area contributed by atoms with Crippen molar-refractivity contribution < 1.29 is 19.0 Å². The monoisotopic (exact) mass is 406 g/mol. The maximum Gasteiger partial charge on any atom is 0.409 e. The van der Waals surface area contributed by atoms with Crippen LogP contribution in [0.5, 0.6) is 11.5 Å². The van der Waals surface area contributed by atoms with Gasteiger partial charge in [-0.15, -0.1) is 0 Å². The lowest BCUT2D eigenvalue weighted by atomic mass is 10.1. The van der Waals surface area contributed by atoms with Crippen LogP contribution in [0.15, 0.2) is 23.2 Å². The number of nitrogens with one attached hydrogen (secondary N) is 2. The summed E-state index contributed by atoms with van der Waals surface area (Å²) in [6.07, 6.45) is 1.50. The summed E-state index contributed by atoms with van der Waals surface area (Å²) in [6.45, 7) is 9.49. The number of aliphatic imine (C=N–C) groups is 1. The Morgan fingerprint density at radius 1 is 1.17 bits per heavy atom. The number of nitrogens with zero attached hydrogens (tertiary/aromatic N) is 2. The lowest BCUT2D eigenvalue weighted by Crippen LogP contribution is -2.49. The highest BCUT2D eigenvalue weighted by atomic mass is 16.6. The van der Waals surface area contributed by atoms with Gasteiger partial charge in [-0.1, -0.05) is 6.07 Å². The van der Waals surface area contributed by atoms with E-state index in [1.807, 2.05) is 39.0 Å². The minimum atomic E-state index is -0.226. The molecule has 1 saturated heterocycles. The molecule has 0 aromatic heterocycles. The largest absolute Gasteiger partial charge is 0.493 e. The fourth-order valence-corrected chi connectivity index (χ4v) is 3.19. The quantitative estimate of drug-likeness (QED) is 0.510. The third-order valence-electron chi connectivity index (χ3n) is 4.65. The maximum absolute atomic E-state index is 11.8. The highest BCUT2D eigenvalue weighted by Gasteiger charge is 2.24.